The molecule has 1 aliphatic rings. The summed E-state index contributed by atoms with van der Waals surface area (Å²) in [5.41, 5.74) is 0.637. The highest BCUT2D eigenvalue weighted by molar-refractivity contribution is 5.35. The van der Waals surface area contributed by atoms with Gasteiger partial charge in [-0.25, -0.2) is 0 Å². The summed E-state index contributed by atoms with van der Waals surface area (Å²) < 4.78 is 5.36. The van der Waals surface area contributed by atoms with Crippen molar-refractivity contribution in [2.24, 2.45) is 0 Å². The second-order valence-corrected chi connectivity index (χ2v) is 5.28. The van der Waals surface area contributed by atoms with Crippen LogP contribution in [0.5, 0.6) is 5.75 Å². The van der Waals surface area contributed by atoms with Gasteiger partial charge in [-0.2, -0.15) is 0 Å². The van der Waals surface area contributed by atoms with Crippen LogP contribution >= 0.6 is 0 Å². The van der Waals surface area contributed by atoms with Crippen LogP contribution in [-0.4, -0.2) is 24.4 Å². The molecule has 0 amide bonds. The summed E-state index contributed by atoms with van der Waals surface area (Å²) in [6.45, 7) is 2.77. The van der Waals surface area contributed by atoms with Crippen molar-refractivity contribution in [1.29, 1.82) is 0 Å². The monoisotopic (exact) mass is 249 g/mol. The molecule has 0 radical (unpaired) electrons. The second kappa shape index (κ2) is 5.72. The lowest BCUT2D eigenvalue weighted by Gasteiger charge is -2.26. The van der Waals surface area contributed by atoms with E-state index in [0.717, 1.165) is 37.0 Å². The molecule has 1 aromatic rings. The summed E-state index contributed by atoms with van der Waals surface area (Å²) in [6, 6.07) is 8.21. The molecule has 2 rings (SSSR count). The van der Waals surface area contributed by atoms with Gasteiger partial charge in [-0.15, -0.1) is 0 Å². The molecule has 0 bridgehead atoms. The number of hydrogen-bond acceptors (Lipinski definition) is 3. The number of aliphatic hydroxyl groups is 1. The fraction of sp³-hybridized carbons (Fsp3) is 0.600. The zero-order valence-electron chi connectivity index (χ0n) is 11.3. The van der Waals surface area contributed by atoms with Crippen LogP contribution in [0.2, 0.25) is 0 Å². The first-order chi connectivity index (χ1) is 8.64. The summed E-state index contributed by atoms with van der Waals surface area (Å²) >= 11 is 0. The van der Waals surface area contributed by atoms with Gasteiger partial charge in [0.1, 0.15) is 5.75 Å². The van der Waals surface area contributed by atoms with Crippen LogP contribution in [-0.2, 0) is 0 Å². The molecule has 0 spiro atoms. The number of nitrogens with one attached hydrogen (secondary N) is 1. The largest absolute Gasteiger partial charge is 0.496 e. The van der Waals surface area contributed by atoms with Gasteiger partial charge in [0.05, 0.1) is 12.7 Å². The third-order valence-electron chi connectivity index (χ3n) is 3.88. The molecule has 18 heavy (non-hydrogen) atoms. The molecule has 0 aliphatic heterocycles. The standard InChI is InChI=1S/C15H23NO2/c1-12(13-7-3-4-8-14(13)18-2)16-11-15(17)9-5-6-10-15/h3-4,7-8,12,16-17H,5-6,9-11H2,1-2H3. The predicted octanol–water partition coefficient (Wildman–Crippen LogP) is 2.65. The van der Waals surface area contributed by atoms with Crippen molar-refractivity contribution in [2.75, 3.05) is 13.7 Å². The highest BCUT2D eigenvalue weighted by Crippen LogP contribution is 2.30. The molecule has 1 atom stereocenters. The van der Waals surface area contributed by atoms with Crippen molar-refractivity contribution in [1.82, 2.24) is 5.32 Å². The molecule has 2 N–H and O–H groups in total. The van der Waals surface area contributed by atoms with Gasteiger partial charge in [-0.1, -0.05) is 31.0 Å². The third-order valence-corrected chi connectivity index (χ3v) is 3.88. The maximum absolute atomic E-state index is 10.3. The quantitative estimate of drug-likeness (QED) is 0.843. The smallest absolute Gasteiger partial charge is 0.123 e. The molecular formula is C15H23NO2. The Kier molecular flexibility index (Phi) is 4.25. The second-order valence-electron chi connectivity index (χ2n) is 5.28. The summed E-state index contributed by atoms with van der Waals surface area (Å²) in [7, 11) is 1.69. The molecule has 0 aromatic heterocycles. The fourth-order valence-electron chi connectivity index (χ4n) is 2.69. The van der Waals surface area contributed by atoms with E-state index >= 15 is 0 Å². The summed E-state index contributed by atoms with van der Waals surface area (Å²) in [5, 5.41) is 13.7. The number of hydrogen-bond donors (Lipinski definition) is 2. The number of ether oxygens (including phenoxy) is 1. The third kappa shape index (κ3) is 3.03. The Labute approximate surface area is 109 Å². The Morgan fingerprint density at radius 3 is 2.67 bits per heavy atom. The molecule has 0 saturated heterocycles. The lowest BCUT2D eigenvalue weighted by molar-refractivity contribution is 0.0453. The van der Waals surface area contributed by atoms with Crippen molar-refractivity contribution in [3.8, 4) is 5.75 Å². The fourth-order valence-corrected chi connectivity index (χ4v) is 2.69. The van der Waals surface area contributed by atoms with Crippen LogP contribution < -0.4 is 10.1 Å². The van der Waals surface area contributed by atoms with Crippen LogP contribution in [0.3, 0.4) is 0 Å². The van der Waals surface area contributed by atoms with Gasteiger partial charge in [-0.3, -0.25) is 0 Å². The average molecular weight is 249 g/mol. The van der Waals surface area contributed by atoms with E-state index in [-0.39, 0.29) is 6.04 Å². The Bertz CT molecular complexity index is 386. The van der Waals surface area contributed by atoms with E-state index in [1.807, 2.05) is 18.2 Å². The topological polar surface area (TPSA) is 41.5 Å². The minimum atomic E-state index is -0.504. The molecule has 3 nitrogen and oxygen atoms in total. The molecule has 0 heterocycles. The minimum Gasteiger partial charge on any atom is -0.496 e. The van der Waals surface area contributed by atoms with Crippen LogP contribution in [0.1, 0.15) is 44.2 Å². The Balaban J connectivity index is 1.96. The van der Waals surface area contributed by atoms with E-state index in [0.29, 0.717) is 6.54 Å². The molecule has 1 unspecified atom stereocenters. The molecule has 1 saturated carbocycles. The van der Waals surface area contributed by atoms with Crippen LogP contribution in [0.15, 0.2) is 24.3 Å². The lowest BCUT2D eigenvalue weighted by atomic mass is 10.0. The van der Waals surface area contributed by atoms with E-state index in [1.54, 1.807) is 7.11 Å². The highest BCUT2D eigenvalue weighted by Gasteiger charge is 2.31. The molecular weight excluding hydrogens is 226 g/mol. The predicted molar refractivity (Wildman–Crippen MR) is 72.8 cm³/mol. The Morgan fingerprint density at radius 1 is 1.33 bits per heavy atom. The lowest BCUT2D eigenvalue weighted by Crippen LogP contribution is -2.39. The molecule has 1 aliphatic carbocycles. The molecule has 1 fully saturated rings. The SMILES string of the molecule is COc1ccccc1C(C)NCC1(O)CCCC1. The maximum atomic E-state index is 10.3. The first kappa shape index (κ1) is 13.4. The molecule has 100 valence electrons. The zero-order valence-corrected chi connectivity index (χ0v) is 11.3. The Morgan fingerprint density at radius 2 is 2.00 bits per heavy atom. The maximum Gasteiger partial charge on any atom is 0.123 e. The summed E-state index contributed by atoms with van der Waals surface area (Å²) in [6.07, 6.45) is 4.11. The van der Waals surface area contributed by atoms with Gasteiger partial charge in [0.15, 0.2) is 0 Å². The highest BCUT2D eigenvalue weighted by atomic mass is 16.5. The van der Waals surface area contributed by atoms with Gasteiger partial charge in [0.2, 0.25) is 0 Å². The van der Waals surface area contributed by atoms with E-state index in [2.05, 4.69) is 18.3 Å². The zero-order chi connectivity index (χ0) is 13.0. The number of benzene rings is 1. The molecule has 3 heteroatoms. The van der Waals surface area contributed by atoms with Gasteiger partial charge in [0.25, 0.3) is 0 Å². The average Bonchev–Trinajstić information content (AvgIpc) is 2.83. The van der Waals surface area contributed by atoms with Gasteiger partial charge in [0, 0.05) is 18.2 Å². The normalized spacial score (nSPS) is 19.7. The van der Waals surface area contributed by atoms with Crippen LogP contribution in [0.25, 0.3) is 0 Å². The summed E-state index contributed by atoms with van der Waals surface area (Å²) in [5.74, 6) is 0.899. The minimum absolute atomic E-state index is 0.186. The number of methoxy groups -OCH3 is 1. The van der Waals surface area contributed by atoms with E-state index in [1.165, 1.54) is 0 Å². The number of rotatable bonds is 5. The van der Waals surface area contributed by atoms with Crippen LogP contribution in [0, 0.1) is 0 Å². The first-order valence-electron chi connectivity index (χ1n) is 6.73. The van der Waals surface area contributed by atoms with Crippen LogP contribution in [0.4, 0.5) is 0 Å². The number of para-hydroxylation sites is 1. The first-order valence-corrected chi connectivity index (χ1v) is 6.73. The van der Waals surface area contributed by atoms with Crippen molar-refractivity contribution >= 4 is 0 Å². The van der Waals surface area contributed by atoms with E-state index in [4.69, 9.17) is 4.74 Å². The van der Waals surface area contributed by atoms with Gasteiger partial charge >= 0.3 is 0 Å². The summed E-state index contributed by atoms with van der Waals surface area (Å²) in [4.78, 5) is 0. The van der Waals surface area contributed by atoms with E-state index in [9.17, 15) is 5.11 Å². The van der Waals surface area contributed by atoms with E-state index < -0.39 is 5.60 Å². The van der Waals surface area contributed by atoms with Gasteiger partial charge in [-0.05, 0) is 25.8 Å². The van der Waals surface area contributed by atoms with Crippen molar-refractivity contribution in [3.05, 3.63) is 29.8 Å². The van der Waals surface area contributed by atoms with Crippen molar-refractivity contribution < 1.29 is 9.84 Å². The van der Waals surface area contributed by atoms with Crippen molar-refractivity contribution in [2.45, 2.75) is 44.2 Å². The van der Waals surface area contributed by atoms with Crippen molar-refractivity contribution in [3.63, 3.8) is 0 Å². The molecule has 1 aromatic carbocycles. The Hall–Kier alpha value is -1.06. The van der Waals surface area contributed by atoms with Gasteiger partial charge < -0.3 is 15.2 Å².